The highest BCUT2D eigenvalue weighted by Gasteiger charge is 2.28. The summed E-state index contributed by atoms with van der Waals surface area (Å²) in [5, 5.41) is 15.5. The lowest BCUT2D eigenvalue weighted by Crippen LogP contribution is -2.44. The van der Waals surface area contributed by atoms with Crippen molar-refractivity contribution >= 4 is 5.91 Å². The Kier molecular flexibility index (Phi) is 5.60. The van der Waals surface area contributed by atoms with Crippen LogP contribution in [0.5, 0.6) is 0 Å². The van der Waals surface area contributed by atoms with Crippen LogP contribution in [0.15, 0.2) is 0 Å². The summed E-state index contributed by atoms with van der Waals surface area (Å²) in [7, 11) is 0. The molecule has 0 aromatic carbocycles. The minimum Gasteiger partial charge on any atom is -0.392 e. The molecule has 2 rings (SSSR count). The molecule has 2 atom stereocenters. The van der Waals surface area contributed by atoms with Crippen molar-refractivity contribution in [2.75, 3.05) is 32.7 Å². The Balaban J connectivity index is 1.62. The molecule has 3 N–H and O–H groups in total. The van der Waals surface area contributed by atoms with Crippen molar-refractivity contribution in [3.05, 3.63) is 0 Å². The number of likely N-dealkylation sites (tertiary alicyclic amines) is 1. The summed E-state index contributed by atoms with van der Waals surface area (Å²) in [6.07, 6.45) is 3.76. The Morgan fingerprint density at radius 1 is 1.42 bits per heavy atom. The van der Waals surface area contributed by atoms with Gasteiger partial charge in [0.25, 0.3) is 0 Å². The fourth-order valence-corrected chi connectivity index (χ4v) is 3.02. The van der Waals surface area contributed by atoms with Gasteiger partial charge >= 0.3 is 0 Å². The van der Waals surface area contributed by atoms with E-state index in [9.17, 15) is 9.90 Å². The maximum absolute atomic E-state index is 11.9. The predicted molar refractivity (Wildman–Crippen MR) is 74.9 cm³/mol. The van der Waals surface area contributed by atoms with Crippen LogP contribution >= 0.6 is 0 Å². The van der Waals surface area contributed by atoms with Gasteiger partial charge in [-0.15, -0.1) is 0 Å². The van der Waals surface area contributed by atoms with E-state index in [0.717, 1.165) is 19.6 Å². The predicted octanol–water partition coefficient (Wildman–Crippen LogP) is -0.0526. The average molecular weight is 269 g/mol. The van der Waals surface area contributed by atoms with Crippen molar-refractivity contribution < 1.29 is 9.90 Å². The van der Waals surface area contributed by atoms with E-state index in [1.165, 1.54) is 25.8 Å². The van der Waals surface area contributed by atoms with Crippen LogP contribution in [0, 0.1) is 5.92 Å². The molecule has 0 aliphatic carbocycles. The number of aliphatic hydroxyl groups is 1. The summed E-state index contributed by atoms with van der Waals surface area (Å²) in [6.45, 7) is 7.06. The minimum atomic E-state index is -0.368. The van der Waals surface area contributed by atoms with E-state index in [-0.39, 0.29) is 18.1 Å². The molecule has 2 heterocycles. The molecule has 1 amide bonds. The van der Waals surface area contributed by atoms with E-state index in [1.807, 2.05) is 0 Å². The fraction of sp³-hybridized carbons (Fsp3) is 0.929. The van der Waals surface area contributed by atoms with E-state index < -0.39 is 0 Å². The number of carbonyl (C=O) groups excluding carboxylic acids is 1. The molecule has 0 saturated carbocycles. The van der Waals surface area contributed by atoms with Crippen LogP contribution in [0.25, 0.3) is 0 Å². The van der Waals surface area contributed by atoms with Crippen molar-refractivity contribution in [1.82, 2.24) is 15.5 Å². The van der Waals surface area contributed by atoms with Crippen molar-refractivity contribution in [3.63, 3.8) is 0 Å². The first-order valence-electron chi connectivity index (χ1n) is 7.60. The third-order valence-electron chi connectivity index (χ3n) is 4.24. The van der Waals surface area contributed by atoms with Gasteiger partial charge in [0.2, 0.25) is 5.91 Å². The standard InChI is InChI=1S/C14H27N3O2/c1-2-5-17-6-3-11(4-7-17)9-16-14(19)13-8-12(18)10-15-13/h11-13,15,18H,2-10H2,1H3,(H,16,19). The van der Waals surface area contributed by atoms with Crippen molar-refractivity contribution in [1.29, 1.82) is 0 Å². The smallest absolute Gasteiger partial charge is 0.237 e. The molecule has 0 bridgehead atoms. The van der Waals surface area contributed by atoms with Gasteiger partial charge in [0.05, 0.1) is 12.1 Å². The Labute approximate surface area is 115 Å². The quantitative estimate of drug-likeness (QED) is 0.655. The van der Waals surface area contributed by atoms with Gasteiger partial charge in [-0.2, -0.15) is 0 Å². The molecule has 0 spiro atoms. The van der Waals surface area contributed by atoms with E-state index in [4.69, 9.17) is 0 Å². The fourth-order valence-electron chi connectivity index (χ4n) is 3.02. The van der Waals surface area contributed by atoms with Crippen LogP contribution in [-0.2, 0) is 4.79 Å². The van der Waals surface area contributed by atoms with E-state index in [1.54, 1.807) is 0 Å². The number of hydrogen-bond donors (Lipinski definition) is 3. The van der Waals surface area contributed by atoms with Crippen LogP contribution in [-0.4, -0.2) is 60.8 Å². The van der Waals surface area contributed by atoms with Crippen molar-refractivity contribution in [2.45, 2.75) is 44.8 Å². The molecule has 5 heteroatoms. The number of piperidine rings is 1. The first-order valence-corrected chi connectivity index (χ1v) is 7.60. The highest BCUT2D eigenvalue weighted by Crippen LogP contribution is 2.16. The molecule has 19 heavy (non-hydrogen) atoms. The SMILES string of the molecule is CCCN1CCC(CNC(=O)C2CC(O)CN2)CC1. The number of rotatable bonds is 5. The van der Waals surface area contributed by atoms with Crippen LogP contribution in [0.3, 0.4) is 0 Å². The number of aliphatic hydroxyl groups excluding tert-OH is 1. The molecule has 5 nitrogen and oxygen atoms in total. The summed E-state index contributed by atoms with van der Waals surface area (Å²) in [4.78, 5) is 14.4. The second-order valence-corrected chi connectivity index (χ2v) is 5.88. The third-order valence-corrected chi connectivity index (χ3v) is 4.24. The summed E-state index contributed by atoms with van der Waals surface area (Å²) in [5.41, 5.74) is 0. The molecule has 110 valence electrons. The van der Waals surface area contributed by atoms with Gasteiger partial charge in [-0.3, -0.25) is 4.79 Å². The van der Waals surface area contributed by atoms with Gasteiger partial charge in [0.15, 0.2) is 0 Å². The first-order chi connectivity index (χ1) is 9.19. The average Bonchev–Trinajstić information content (AvgIpc) is 2.85. The molecule has 0 aromatic rings. The zero-order valence-electron chi connectivity index (χ0n) is 11.9. The Morgan fingerprint density at radius 2 is 2.16 bits per heavy atom. The maximum Gasteiger partial charge on any atom is 0.237 e. The number of amides is 1. The Bertz CT molecular complexity index is 290. The second-order valence-electron chi connectivity index (χ2n) is 5.88. The summed E-state index contributed by atoms with van der Waals surface area (Å²) >= 11 is 0. The van der Waals surface area contributed by atoms with Crippen molar-refractivity contribution in [2.24, 2.45) is 5.92 Å². The Morgan fingerprint density at radius 3 is 2.74 bits per heavy atom. The monoisotopic (exact) mass is 269 g/mol. The normalized spacial score (nSPS) is 29.6. The van der Waals surface area contributed by atoms with Crippen LogP contribution < -0.4 is 10.6 Å². The number of hydrogen-bond acceptors (Lipinski definition) is 4. The zero-order chi connectivity index (χ0) is 13.7. The molecular weight excluding hydrogens is 242 g/mol. The molecule has 2 saturated heterocycles. The van der Waals surface area contributed by atoms with Gasteiger partial charge < -0.3 is 20.6 Å². The summed E-state index contributed by atoms with van der Waals surface area (Å²) in [6, 6.07) is -0.199. The van der Waals surface area contributed by atoms with Gasteiger partial charge in [-0.05, 0) is 51.2 Å². The van der Waals surface area contributed by atoms with Gasteiger partial charge in [0, 0.05) is 13.1 Å². The van der Waals surface area contributed by atoms with E-state index in [2.05, 4.69) is 22.5 Å². The Hall–Kier alpha value is -0.650. The number of nitrogens with zero attached hydrogens (tertiary/aromatic N) is 1. The number of nitrogens with one attached hydrogen (secondary N) is 2. The lowest BCUT2D eigenvalue weighted by molar-refractivity contribution is -0.123. The summed E-state index contributed by atoms with van der Waals surface area (Å²) in [5.74, 6) is 0.663. The second kappa shape index (κ2) is 7.22. The highest BCUT2D eigenvalue weighted by atomic mass is 16.3. The zero-order valence-corrected chi connectivity index (χ0v) is 11.9. The van der Waals surface area contributed by atoms with Crippen LogP contribution in [0.4, 0.5) is 0 Å². The van der Waals surface area contributed by atoms with Crippen LogP contribution in [0.2, 0.25) is 0 Å². The van der Waals surface area contributed by atoms with Crippen molar-refractivity contribution in [3.8, 4) is 0 Å². The van der Waals surface area contributed by atoms with E-state index >= 15 is 0 Å². The number of carbonyl (C=O) groups is 1. The molecule has 2 aliphatic rings. The lowest BCUT2D eigenvalue weighted by atomic mass is 9.96. The van der Waals surface area contributed by atoms with Gasteiger partial charge in [0.1, 0.15) is 0 Å². The van der Waals surface area contributed by atoms with Gasteiger partial charge in [-0.1, -0.05) is 6.92 Å². The third kappa shape index (κ3) is 4.44. The molecule has 2 unspecified atom stereocenters. The summed E-state index contributed by atoms with van der Waals surface area (Å²) < 4.78 is 0. The largest absolute Gasteiger partial charge is 0.392 e. The van der Waals surface area contributed by atoms with Crippen LogP contribution in [0.1, 0.15) is 32.6 Å². The minimum absolute atomic E-state index is 0.0486. The maximum atomic E-state index is 11.9. The molecular formula is C14H27N3O2. The molecule has 2 aliphatic heterocycles. The molecule has 0 radical (unpaired) electrons. The number of β-amino-alcohol motifs (C(OH)–C–C–N with tert-alkyl or cyclic N) is 1. The topological polar surface area (TPSA) is 64.6 Å². The van der Waals surface area contributed by atoms with Gasteiger partial charge in [-0.25, -0.2) is 0 Å². The lowest BCUT2D eigenvalue weighted by Gasteiger charge is -2.31. The molecule has 2 fully saturated rings. The highest BCUT2D eigenvalue weighted by molar-refractivity contribution is 5.82. The first kappa shape index (κ1) is 14.8. The van der Waals surface area contributed by atoms with E-state index in [0.29, 0.717) is 18.9 Å². The molecule has 0 aromatic heterocycles.